The van der Waals surface area contributed by atoms with Crippen molar-refractivity contribution < 1.29 is 4.79 Å². The van der Waals surface area contributed by atoms with Gasteiger partial charge in [0.15, 0.2) is 5.16 Å². The van der Waals surface area contributed by atoms with Gasteiger partial charge in [0.25, 0.3) is 5.56 Å². The van der Waals surface area contributed by atoms with Crippen molar-refractivity contribution in [3.8, 4) is 11.3 Å². The van der Waals surface area contributed by atoms with Gasteiger partial charge in [-0.15, -0.1) is 10.2 Å². The van der Waals surface area contributed by atoms with Gasteiger partial charge in [0.05, 0.1) is 10.9 Å². The lowest BCUT2D eigenvalue weighted by molar-refractivity contribution is -0.115. The first kappa shape index (κ1) is 20.2. The standard InChI is InChI=1S/C19H21N5O2S2/c1-11(2)9-16-23-24-19(28-16)22-17(26)12(3)27-18-20-14(10-15(25)21-18)13-7-5-4-6-8-13/h4-8,10-12H,9H2,1-3H3,(H,20,21,25)(H,22,24,26)/t12-/m1/s1. The molecule has 1 atom stereocenters. The second-order valence-electron chi connectivity index (χ2n) is 6.65. The highest BCUT2D eigenvalue weighted by atomic mass is 32.2. The third-order valence-electron chi connectivity index (χ3n) is 3.73. The molecular formula is C19H21N5O2S2. The smallest absolute Gasteiger partial charge is 0.252 e. The van der Waals surface area contributed by atoms with Crippen molar-refractivity contribution in [1.29, 1.82) is 0 Å². The lowest BCUT2D eigenvalue weighted by atomic mass is 10.1. The van der Waals surface area contributed by atoms with Crippen LogP contribution < -0.4 is 10.9 Å². The molecule has 2 N–H and O–H groups in total. The molecule has 28 heavy (non-hydrogen) atoms. The van der Waals surface area contributed by atoms with Crippen LogP contribution in [-0.4, -0.2) is 31.3 Å². The maximum atomic E-state index is 12.5. The zero-order chi connectivity index (χ0) is 20.1. The Labute approximate surface area is 171 Å². The number of hydrogen-bond acceptors (Lipinski definition) is 7. The summed E-state index contributed by atoms with van der Waals surface area (Å²) in [6.45, 7) is 5.97. The van der Waals surface area contributed by atoms with Gasteiger partial charge in [-0.2, -0.15) is 0 Å². The Hall–Kier alpha value is -2.52. The predicted molar refractivity (Wildman–Crippen MR) is 113 cm³/mol. The maximum absolute atomic E-state index is 12.5. The summed E-state index contributed by atoms with van der Waals surface area (Å²) in [4.78, 5) is 31.6. The quantitative estimate of drug-likeness (QED) is 0.452. The summed E-state index contributed by atoms with van der Waals surface area (Å²) in [5.74, 6) is 0.260. The molecule has 0 aliphatic heterocycles. The molecule has 0 aliphatic rings. The van der Waals surface area contributed by atoms with E-state index in [1.165, 1.54) is 29.2 Å². The molecule has 1 amide bonds. The van der Waals surface area contributed by atoms with Crippen molar-refractivity contribution in [2.75, 3.05) is 5.32 Å². The molecule has 0 saturated carbocycles. The van der Waals surface area contributed by atoms with Gasteiger partial charge in [-0.1, -0.05) is 67.3 Å². The summed E-state index contributed by atoms with van der Waals surface area (Å²) >= 11 is 2.57. The van der Waals surface area contributed by atoms with Gasteiger partial charge in [0.2, 0.25) is 11.0 Å². The number of carbonyl (C=O) groups excluding carboxylic acids is 1. The van der Waals surface area contributed by atoms with Crippen LogP contribution in [0.3, 0.4) is 0 Å². The van der Waals surface area contributed by atoms with Crippen LogP contribution in [0.2, 0.25) is 0 Å². The molecule has 2 aromatic heterocycles. The number of aromatic nitrogens is 4. The first-order valence-electron chi connectivity index (χ1n) is 8.87. The highest BCUT2D eigenvalue weighted by molar-refractivity contribution is 8.00. The van der Waals surface area contributed by atoms with Crippen molar-refractivity contribution in [2.24, 2.45) is 5.92 Å². The fourth-order valence-electron chi connectivity index (χ4n) is 2.41. The number of thioether (sulfide) groups is 1. The minimum Gasteiger partial charge on any atom is -0.301 e. The van der Waals surface area contributed by atoms with E-state index in [4.69, 9.17) is 0 Å². The zero-order valence-corrected chi connectivity index (χ0v) is 17.4. The normalized spacial score (nSPS) is 12.1. The van der Waals surface area contributed by atoms with Gasteiger partial charge in [-0.25, -0.2) is 4.98 Å². The lowest BCUT2D eigenvalue weighted by Crippen LogP contribution is -2.23. The molecule has 146 valence electrons. The number of amides is 1. The average molecular weight is 416 g/mol. The number of hydrogen-bond donors (Lipinski definition) is 2. The van der Waals surface area contributed by atoms with E-state index in [0.717, 1.165) is 17.0 Å². The number of rotatable bonds is 7. The number of carbonyl (C=O) groups is 1. The van der Waals surface area contributed by atoms with Crippen molar-refractivity contribution in [1.82, 2.24) is 20.2 Å². The summed E-state index contributed by atoms with van der Waals surface area (Å²) in [7, 11) is 0. The van der Waals surface area contributed by atoms with Crippen molar-refractivity contribution in [2.45, 2.75) is 37.6 Å². The van der Waals surface area contributed by atoms with E-state index < -0.39 is 5.25 Å². The summed E-state index contributed by atoms with van der Waals surface area (Å²) < 4.78 is 0. The first-order chi connectivity index (χ1) is 13.4. The molecule has 2 heterocycles. The van der Waals surface area contributed by atoms with E-state index in [0.29, 0.717) is 21.9 Å². The lowest BCUT2D eigenvalue weighted by Gasteiger charge is -2.10. The minimum atomic E-state index is -0.466. The SMILES string of the molecule is CC(C)Cc1nnc(NC(=O)[C@@H](C)Sc2nc(-c3ccccc3)cc(=O)[nH]2)s1. The second-order valence-corrected chi connectivity index (χ2v) is 9.04. The third kappa shape index (κ3) is 5.49. The number of benzene rings is 1. The van der Waals surface area contributed by atoms with Crippen molar-refractivity contribution in [3.63, 3.8) is 0 Å². The molecular weight excluding hydrogens is 394 g/mol. The molecule has 0 aliphatic carbocycles. The van der Waals surface area contributed by atoms with Crippen molar-refractivity contribution >= 4 is 34.1 Å². The summed E-state index contributed by atoms with van der Waals surface area (Å²) in [5, 5.41) is 12.2. The highest BCUT2D eigenvalue weighted by Crippen LogP contribution is 2.24. The molecule has 0 saturated heterocycles. The van der Waals surface area contributed by atoms with E-state index in [1.807, 2.05) is 30.3 Å². The molecule has 0 fully saturated rings. The van der Waals surface area contributed by atoms with E-state index in [1.54, 1.807) is 6.92 Å². The Kier molecular flexibility index (Phi) is 6.58. The summed E-state index contributed by atoms with van der Waals surface area (Å²) in [5.41, 5.74) is 1.16. The molecule has 1 aromatic carbocycles. The molecule has 9 heteroatoms. The number of nitrogens with zero attached hydrogens (tertiary/aromatic N) is 3. The topological polar surface area (TPSA) is 101 Å². The van der Waals surface area contributed by atoms with Crippen molar-refractivity contribution in [3.05, 3.63) is 51.8 Å². The van der Waals surface area contributed by atoms with Gasteiger partial charge >= 0.3 is 0 Å². The van der Waals surface area contributed by atoms with Crippen LogP contribution in [0, 0.1) is 5.92 Å². The number of aromatic amines is 1. The van der Waals surface area contributed by atoms with Gasteiger partial charge < -0.3 is 4.98 Å². The van der Waals surface area contributed by atoms with Crippen LogP contribution in [0.4, 0.5) is 5.13 Å². The molecule has 0 radical (unpaired) electrons. The number of H-pyrrole nitrogens is 1. The van der Waals surface area contributed by atoms with Gasteiger partial charge in [0.1, 0.15) is 5.01 Å². The summed E-state index contributed by atoms with van der Waals surface area (Å²) in [6, 6.07) is 10.9. The summed E-state index contributed by atoms with van der Waals surface area (Å²) in [6.07, 6.45) is 0.829. The Morgan fingerprint density at radius 2 is 1.96 bits per heavy atom. The average Bonchev–Trinajstić information content (AvgIpc) is 3.08. The van der Waals surface area contributed by atoms with E-state index in [9.17, 15) is 9.59 Å². The van der Waals surface area contributed by atoms with Crippen LogP contribution in [0.25, 0.3) is 11.3 Å². The molecule has 0 bridgehead atoms. The Balaban J connectivity index is 1.68. The fraction of sp³-hybridized carbons (Fsp3) is 0.316. The highest BCUT2D eigenvalue weighted by Gasteiger charge is 2.18. The third-order valence-corrected chi connectivity index (χ3v) is 5.57. The zero-order valence-electron chi connectivity index (χ0n) is 15.8. The van der Waals surface area contributed by atoms with Crippen LogP contribution >= 0.6 is 23.1 Å². The second kappa shape index (κ2) is 9.11. The van der Waals surface area contributed by atoms with Gasteiger partial charge in [-0.05, 0) is 12.8 Å². The molecule has 3 rings (SSSR count). The molecule has 7 nitrogen and oxygen atoms in total. The maximum Gasteiger partial charge on any atom is 0.252 e. The number of nitrogens with one attached hydrogen (secondary N) is 2. The van der Waals surface area contributed by atoms with Crippen LogP contribution in [0.1, 0.15) is 25.8 Å². The molecule has 0 unspecified atom stereocenters. The van der Waals surface area contributed by atoms with E-state index in [-0.39, 0.29) is 11.5 Å². The fourth-order valence-corrected chi connectivity index (χ4v) is 4.18. The Bertz CT molecular complexity index is 1000. The predicted octanol–water partition coefficient (Wildman–Crippen LogP) is 3.61. The van der Waals surface area contributed by atoms with E-state index >= 15 is 0 Å². The van der Waals surface area contributed by atoms with Gasteiger partial charge in [-0.3, -0.25) is 14.9 Å². The Morgan fingerprint density at radius 3 is 2.68 bits per heavy atom. The van der Waals surface area contributed by atoms with Crippen LogP contribution in [0.5, 0.6) is 0 Å². The monoisotopic (exact) mass is 415 g/mol. The van der Waals surface area contributed by atoms with Crippen LogP contribution in [-0.2, 0) is 11.2 Å². The van der Waals surface area contributed by atoms with Crippen LogP contribution in [0.15, 0.2) is 46.3 Å². The van der Waals surface area contributed by atoms with E-state index in [2.05, 4.69) is 39.3 Å². The van der Waals surface area contributed by atoms with Gasteiger partial charge in [0, 0.05) is 18.1 Å². The Morgan fingerprint density at radius 1 is 1.21 bits per heavy atom. The number of anilines is 1. The molecule has 0 spiro atoms. The molecule has 3 aromatic rings. The first-order valence-corrected chi connectivity index (χ1v) is 10.6. The largest absolute Gasteiger partial charge is 0.301 e. The minimum absolute atomic E-state index is 0.218.